The quantitative estimate of drug-likeness (QED) is 0.734. The van der Waals surface area contributed by atoms with Gasteiger partial charge in [0.1, 0.15) is 17.1 Å². The third kappa shape index (κ3) is 3.04. The largest absolute Gasteiger partial charge is 0.494 e. The molecule has 0 aliphatic rings. The van der Waals surface area contributed by atoms with Gasteiger partial charge in [0.2, 0.25) is 0 Å². The van der Waals surface area contributed by atoms with E-state index < -0.39 is 0 Å². The molecule has 0 unspecified atom stereocenters. The first kappa shape index (κ1) is 15.1. The van der Waals surface area contributed by atoms with Crippen LogP contribution in [0.5, 0.6) is 5.75 Å². The van der Waals surface area contributed by atoms with E-state index in [1.54, 1.807) is 25.3 Å². The van der Waals surface area contributed by atoms with Crippen molar-refractivity contribution in [1.29, 1.82) is 0 Å². The number of aromatic nitrogens is 2. The van der Waals surface area contributed by atoms with Crippen molar-refractivity contribution in [2.45, 2.75) is 19.3 Å². The van der Waals surface area contributed by atoms with Crippen LogP contribution in [0, 0.1) is 0 Å². The maximum Gasteiger partial charge on any atom is 0.279 e. The first-order valence-electron chi connectivity index (χ1n) is 7.58. The first-order valence-corrected chi connectivity index (χ1v) is 7.58. The average molecular weight is 309 g/mol. The van der Waals surface area contributed by atoms with Gasteiger partial charge in [-0.05, 0) is 30.5 Å². The number of aryl methyl sites for hydroxylation is 2. The van der Waals surface area contributed by atoms with Gasteiger partial charge in [0, 0.05) is 6.42 Å². The number of rotatable bonds is 5. The molecule has 0 aliphatic carbocycles. The highest BCUT2D eigenvalue weighted by molar-refractivity contribution is 5.83. The molecule has 0 amide bonds. The summed E-state index contributed by atoms with van der Waals surface area (Å²) >= 11 is 0. The van der Waals surface area contributed by atoms with Crippen LogP contribution in [0.1, 0.15) is 17.8 Å². The number of ether oxygens (including phenoxy) is 1. The Morgan fingerprint density at radius 3 is 2.61 bits per heavy atom. The van der Waals surface area contributed by atoms with Crippen LogP contribution >= 0.6 is 0 Å². The topological polar surface area (TPSA) is 70.1 Å². The standard InChI is InChI=1S/C18H19N3O2/c1-23-15-11-6-10-14-17(15)20-16(21(19)18(14)22)12-5-9-13-7-3-2-4-8-13/h2-4,6-8,10-11H,5,9,12,19H2,1H3. The number of methoxy groups -OCH3 is 1. The molecule has 23 heavy (non-hydrogen) atoms. The zero-order valence-electron chi connectivity index (χ0n) is 13.0. The van der Waals surface area contributed by atoms with E-state index >= 15 is 0 Å². The Labute approximate surface area is 134 Å². The molecule has 0 spiro atoms. The molecule has 5 nitrogen and oxygen atoms in total. The summed E-state index contributed by atoms with van der Waals surface area (Å²) in [5.74, 6) is 7.08. The lowest BCUT2D eigenvalue weighted by atomic mass is 10.1. The predicted molar refractivity (Wildman–Crippen MR) is 91.2 cm³/mol. The highest BCUT2D eigenvalue weighted by atomic mass is 16.5. The number of nitrogens with zero attached hydrogens (tertiary/aromatic N) is 2. The second-order valence-electron chi connectivity index (χ2n) is 5.40. The van der Waals surface area contributed by atoms with Crippen LogP contribution < -0.4 is 16.1 Å². The second kappa shape index (κ2) is 6.52. The molecule has 0 saturated heterocycles. The van der Waals surface area contributed by atoms with Crippen molar-refractivity contribution >= 4 is 10.9 Å². The van der Waals surface area contributed by atoms with E-state index in [9.17, 15) is 4.79 Å². The molecule has 0 aliphatic heterocycles. The van der Waals surface area contributed by atoms with Gasteiger partial charge in [-0.3, -0.25) is 4.79 Å². The molecule has 3 rings (SSSR count). The van der Waals surface area contributed by atoms with Gasteiger partial charge >= 0.3 is 0 Å². The van der Waals surface area contributed by atoms with E-state index in [0.29, 0.717) is 28.9 Å². The number of hydrogen-bond acceptors (Lipinski definition) is 4. The summed E-state index contributed by atoms with van der Waals surface area (Å²) in [6.07, 6.45) is 2.42. The van der Waals surface area contributed by atoms with Crippen molar-refractivity contribution in [1.82, 2.24) is 9.66 Å². The fraction of sp³-hybridized carbons (Fsp3) is 0.222. The van der Waals surface area contributed by atoms with Crippen LogP contribution in [0.4, 0.5) is 0 Å². The van der Waals surface area contributed by atoms with Gasteiger partial charge in [0.25, 0.3) is 5.56 Å². The molecule has 118 valence electrons. The highest BCUT2D eigenvalue weighted by Gasteiger charge is 2.12. The van der Waals surface area contributed by atoms with Crippen molar-refractivity contribution in [2.24, 2.45) is 0 Å². The van der Waals surface area contributed by atoms with E-state index in [0.717, 1.165) is 17.5 Å². The summed E-state index contributed by atoms with van der Waals surface area (Å²) in [6.45, 7) is 0. The Hall–Kier alpha value is -2.82. The number of nitrogens with two attached hydrogens (primary N) is 1. The zero-order valence-corrected chi connectivity index (χ0v) is 13.0. The molecular weight excluding hydrogens is 290 g/mol. The Morgan fingerprint density at radius 1 is 1.09 bits per heavy atom. The summed E-state index contributed by atoms with van der Waals surface area (Å²) < 4.78 is 6.45. The van der Waals surface area contributed by atoms with Gasteiger partial charge in [-0.2, -0.15) is 0 Å². The van der Waals surface area contributed by atoms with E-state index in [1.165, 1.54) is 5.56 Å². The summed E-state index contributed by atoms with van der Waals surface area (Å²) in [5, 5.41) is 0.471. The van der Waals surface area contributed by atoms with Crippen LogP contribution in [0.3, 0.4) is 0 Å². The maximum absolute atomic E-state index is 12.4. The summed E-state index contributed by atoms with van der Waals surface area (Å²) in [5.41, 5.74) is 1.58. The highest BCUT2D eigenvalue weighted by Crippen LogP contribution is 2.21. The van der Waals surface area contributed by atoms with E-state index in [2.05, 4.69) is 17.1 Å². The number of para-hydroxylation sites is 1. The molecular formula is C18H19N3O2. The van der Waals surface area contributed by atoms with Crippen LogP contribution in [0.25, 0.3) is 10.9 Å². The van der Waals surface area contributed by atoms with Gasteiger partial charge < -0.3 is 10.6 Å². The van der Waals surface area contributed by atoms with Crippen molar-refractivity contribution in [2.75, 3.05) is 13.0 Å². The minimum absolute atomic E-state index is 0.247. The lowest BCUT2D eigenvalue weighted by Gasteiger charge is -2.11. The Balaban J connectivity index is 1.88. The molecule has 5 heteroatoms. The SMILES string of the molecule is COc1cccc2c(=O)n(N)c(CCCc3ccccc3)nc12. The molecule has 0 bridgehead atoms. The third-order valence-electron chi connectivity index (χ3n) is 3.90. The lowest BCUT2D eigenvalue weighted by molar-refractivity contribution is 0.418. The molecule has 0 fully saturated rings. The average Bonchev–Trinajstić information content (AvgIpc) is 2.59. The number of benzene rings is 2. The molecule has 2 N–H and O–H groups in total. The van der Waals surface area contributed by atoms with Gasteiger partial charge in [0.05, 0.1) is 12.5 Å². The zero-order chi connectivity index (χ0) is 16.2. The second-order valence-corrected chi connectivity index (χ2v) is 5.40. The lowest BCUT2D eigenvalue weighted by Crippen LogP contribution is -2.31. The molecule has 0 radical (unpaired) electrons. The number of hydrogen-bond donors (Lipinski definition) is 1. The summed E-state index contributed by atoms with van der Waals surface area (Å²) in [6, 6.07) is 15.5. The smallest absolute Gasteiger partial charge is 0.279 e. The van der Waals surface area contributed by atoms with Crippen molar-refractivity contribution < 1.29 is 4.74 Å². The van der Waals surface area contributed by atoms with Gasteiger partial charge in [-0.15, -0.1) is 0 Å². The molecule has 1 aromatic heterocycles. The number of fused-ring (bicyclic) bond motifs is 1. The monoisotopic (exact) mass is 309 g/mol. The van der Waals surface area contributed by atoms with Crippen molar-refractivity contribution in [3.63, 3.8) is 0 Å². The van der Waals surface area contributed by atoms with E-state index in [-0.39, 0.29) is 5.56 Å². The van der Waals surface area contributed by atoms with E-state index in [4.69, 9.17) is 10.6 Å². The Bertz CT molecular complexity index is 873. The third-order valence-corrected chi connectivity index (χ3v) is 3.90. The first-order chi connectivity index (χ1) is 11.2. The normalized spacial score (nSPS) is 10.8. The van der Waals surface area contributed by atoms with Crippen molar-refractivity contribution in [3.8, 4) is 5.75 Å². The summed E-state index contributed by atoms with van der Waals surface area (Å²) in [7, 11) is 1.57. The molecule has 1 heterocycles. The molecule has 3 aromatic rings. The molecule has 0 atom stereocenters. The van der Waals surface area contributed by atoms with Crippen molar-refractivity contribution in [3.05, 3.63) is 70.3 Å². The van der Waals surface area contributed by atoms with Gasteiger partial charge in [0.15, 0.2) is 0 Å². The molecule has 0 saturated carbocycles. The van der Waals surface area contributed by atoms with Crippen LogP contribution in [-0.2, 0) is 12.8 Å². The van der Waals surface area contributed by atoms with Crippen LogP contribution in [0.15, 0.2) is 53.3 Å². The van der Waals surface area contributed by atoms with Gasteiger partial charge in [-0.1, -0.05) is 36.4 Å². The maximum atomic E-state index is 12.4. The van der Waals surface area contributed by atoms with E-state index in [1.807, 2.05) is 18.2 Å². The predicted octanol–water partition coefficient (Wildman–Crippen LogP) is 2.29. The summed E-state index contributed by atoms with van der Waals surface area (Å²) in [4.78, 5) is 16.9. The van der Waals surface area contributed by atoms with Gasteiger partial charge in [-0.25, -0.2) is 9.66 Å². The number of nitrogen functional groups attached to an aromatic ring is 1. The Kier molecular flexibility index (Phi) is 4.28. The minimum Gasteiger partial charge on any atom is -0.494 e. The fourth-order valence-electron chi connectivity index (χ4n) is 2.68. The molecule has 2 aromatic carbocycles. The fourth-order valence-corrected chi connectivity index (χ4v) is 2.68. The minimum atomic E-state index is -0.247. The Morgan fingerprint density at radius 2 is 1.87 bits per heavy atom. The van der Waals surface area contributed by atoms with Crippen LogP contribution in [0.2, 0.25) is 0 Å². The van der Waals surface area contributed by atoms with Crippen LogP contribution in [-0.4, -0.2) is 16.8 Å².